The van der Waals surface area contributed by atoms with Crippen molar-refractivity contribution in [1.29, 1.82) is 0 Å². The van der Waals surface area contributed by atoms with Crippen LogP contribution in [0.3, 0.4) is 0 Å². The second kappa shape index (κ2) is 8.65. The molecule has 0 saturated heterocycles. The first-order valence-electron chi connectivity index (χ1n) is 10.00. The monoisotopic (exact) mass is 475 g/mol. The zero-order valence-electron chi connectivity index (χ0n) is 17.3. The number of nitrogens with one attached hydrogen (secondary N) is 1. The van der Waals surface area contributed by atoms with Gasteiger partial charge in [0.2, 0.25) is 0 Å². The van der Waals surface area contributed by atoms with E-state index in [-0.39, 0.29) is 29.4 Å². The van der Waals surface area contributed by atoms with Crippen LogP contribution in [0, 0.1) is 12.7 Å². The maximum Gasteiger partial charge on any atom is 0.296 e. The fourth-order valence-corrected chi connectivity index (χ4v) is 6.45. The van der Waals surface area contributed by atoms with Crippen molar-refractivity contribution in [2.75, 3.05) is 18.5 Å². The lowest BCUT2D eigenvalue weighted by Gasteiger charge is -2.16. The van der Waals surface area contributed by atoms with Crippen LogP contribution in [0.5, 0.6) is 0 Å². The number of hydrogen-bond acceptors (Lipinski definition) is 6. The molecule has 168 valence electrons. The van der Waals surface area contributed by atoms with E-state index in [9.17, 15) is 21.2 Å². The minimum Gasteiger partial charge on any atom is -0.383 e. The van der Waals surface area contributed by atoms with Crippen LogP contribution in [0.1, 0.15) is 21.9 Å². The first-order chi connectivity index (χ1) is 15.2. The molecular formula is C23H22FNO5S2. The minimum atomic E-state index is -3.93. The summed E-state index contributed by atoms with van der Waals surface area (Å²) in [5.41, 5.74) is 2.82. The lowest BCUT2D eigenvalue weighted by molar-refractivity contribution is 0.322. The summed E-state index contributed by atoms with van der Waals surface area (Å²) < 4.78 is 70.2. The van der Waals surface area contributed by atoms with Crippen LogP contribution in [0.25, 0.3) is 0 Å². The predicted molar refractivity (Wildman–Crippen MR) is 119 cm³/mol. The molecular weight excluding hydrogens is 453 g/mol. The van der Waals surface area contributed by atoms with Crippen molar-refractivity contribution in [2.24, 2.45) is 0 Å². The van der Waals surface area contributed by atoms with Crippen LogP contribution in [0.15, 0.2) is 76.5 Å². The zero-order chi connectivity index (χ0) is 22.9. The molecule has 1 atom stereocenters. The smallest absolute Gasteiger partial charge is 0.296 e. The van der Waals surface area contributed by atoms with Crippen LogP contribution in [-0.4, -0.2) is 30.0 Å². The number of rotatable bonds is 7. The van der Waals surface area contributed by atoms with Crippen molar-refractivity contribution in [3.8, 4) is 0 Å². The Bertz CT molecular complexity index is 1350. The van der Waals surface area contributed by atoms with Crippen molar-refractivity contribution in [3.63, 3.8) is 0 Å². The van der Waals surface area contributed by atoms with E-state index in [4.69, 9.17) is 4.18 Å². The molecule has 0 amide bonds. The van der Waals surface area contributed by atoms with E-state index in [0.29, 0.717) is 16.8 Å². The van der Waals surface area contributed by atoms with Crippen LogP contribution in [-0.2, 0) is 30.6 Å². The van der Waals surface area contributed by atoms with Gasteiger partial charge in [0.05, 0.1) is 16.4 Å². The van der Waals surface area contributed by atoms with Crippen LogP contribution in [0.2, 0.25) is 0 Å². The molecule has 1 heterocycles. The van der Waals surface area contributed by atoms with E-state index in [1.54, 1.807) is 30.3 Å². The summed E-state index contributed by atoms with van der Waals surface area (Å²) in [6, 6.07) is 16.6. The normalized spacial score (nSPS) is 15.9. The van der Waals surface area contributed by atoms with Crippen LogP contribution in [0.4, 0.5) is 10.1 Å². The summed E-state index contributed by atoms with van der Waals surface area (Å²) in [6.45, 7) is 1.86. The number of anilines is 1. The lowest BCUT2D eigenvalue weighted by Crippen LogP contribution is -2.17. The third-order valence-corrected chi connectivity index (χ3v) is 8.80. The summed E-state index contributed by atoms with van der Waals surface area (Å²) in [6.07, 6.45) is 0.200. The van der Waals surface area contributed by atoms with Crippen molar-refractivity contribution in [3.05, 3.63) is 89.2 Å². The highest BCUT2D eigenvalue weighted by molar-refractivity contribution is 7.91. The number of halogens is 1. The molecule has 0 spiro atoms. The third kappa shape index (κ3) is 4.41. The van der Waals surface area contributed by atoms with Gasteiger partial charge in [-0.25, -0.2) is 12.8 Å². The first kappa shape index (κ1) is 22.4. The number of hydrogen-bond donors (Lipinski definition) is 1. The summed E-state index contributed by atoms with van der Waals surface area (Å²) in [4.78, 5) is -0.0280. The van der Waals surface area contributed by atoms with Crippen LogP contribution >= 0.6 is 0 Å². The molecule has 0 aromatic heterocycles. The van der Waals surface area contributed by atoms with Gasteiger partial charge in [-0.15, -0.1) is 0 Å². The van der Waals surface area contributed by atoms with Crippen molar-refractivity contribution < 1.29 is 25.4 Å². The van der Waals surface area contributed by atoms with Gasteiger partial charge in [0.15, 0.2) is 9.84 Å². The van der Waals surface area contributed by atoms with E-state index < -0.39 is 31.0 Å². The molecule has 0 saturated carbocycles. The zero-order valence-corrected chi connectivity index (χ0v) is 18.9. The van der Waals surface area contributed by atoms with Gasteiger partial charge in [-0.05, 0) is 60.9 Å². The molecule has 3 aromatic carbocycles. The number of aryl methyl sites for hydroxylation is 1. The number of fused-ring (bicyclic) bond motifs is 1. The Morgan fingerprint density at radius 2 is 1.69 bits per heavy atom. The fourth-order valence-electron chi connectivity index (χ4n) is 3.78. The molecule has 0 fully saturated rings. The second-order valence-electron chi connectivity index (χ2n) is 7.59. The predicted octanol–water partition coefficient (Wildman–Crippen LogP) is 4.02. The van der Waals surface area contributed by atoms with Gasteiger partial charge in [0.1, 0.15) is 11.1 Å². The molecule has 32 heavy (non-hydrogen) atoms. The van der Waals surface area contributed by atoms with Gasteiger partial charge in [-0.3, -0.25) is 4.18 Å². The van der Waals surface area contributed by atoms with Gasteiger partial charge < -0.3 is 5.32 Å². The Labute approximate surface area is 187 Å². The highest BCUT2D eigenvalue weighted by Gasteiger charge is 2.36. The van der Waals surface area contributed by atoms with Gasteiger partial charge in [0.25, 0.3) is 10.1 Å². The van der Waals surface area contributed by atoms with E-state index in [0.717, 1.165) is 11.6 Å². The first-order valence-corrected chi connectivity index (χ1v) is 13.0. The highest BCUT2D eigenvalue weighted by atomic mass is 32.2. The van der Waals surface area contributed by atoms with Gasteiger partial charge in [-0.1, -0.05) is 35.9 Å². The maximum atomic E-state index is 13.6. The van der Waals surface area contributed by atoms with Crippen molar-refractivity contribution >= 4 is 25.6 Å². The molecule has 9 heteroatoms. The largest absolute Gasteiger partial charge is 0.383 e. The standard InChI is InChI=1S/C23H22FNO5S2/c1-16-8-10-19(11-9-16)32(28,29)30-13-12-17-4-2-7-21-23(17)22(15-25-21)31(26,27)20-6-3-5-18(24)14-20/h2-11,14,22,25H,12-13,15H2,1H3. The molecule has 0 aliphatic carbocycles. The molecule has 1 aliphatic heterocycles. The lowest BCUT2D eigenvalue weighted by atomic mass is 10.0. The van der Waals surface area contributed by atoms with E-state index in [1.165, 1.54) is 30.3 Å². The Morgan fingerprint density at radius 3 is 2.41 bits per heavy atom. The second-order valence-corrected chi connectivity index (χ2v) is 11.3. The van der Waals surface area contributed by atoms with E-state index in [1.807, 2.05) is 6.92 Å². The summed E-state index contributed by atoms with van der Waals surface area (Å²) in [5, 5.41) is 2.17. The van der Waals surface area contributed by atoms with E-state index >= 15 is 0 Å². The Morgan fingerprint density at radius 1 is 0.969 bits per heavy atom. The molecule has 1 unspecified atom stereocenters. The number of benzene rings is 3. The fraction of sp³-hybridized carbons (Fsp3) is 0.217. The highest BCUT2D eigenvalue weighted by Crippen LogP contribution is 2.40. The molecule has 0 bridgehead atoms. The summed E-state index contributed by atoms with van der Waals surface area (Å²) >= 11 is 0. The Hall–Kier alpha value is -2.75. The molecule has 3 aromatic rings. The third-order valence-electron chi connectivity index (χ3n) is 5.42. The molecule has 1 N–H and O–H groups in total. The quantitative estimate of drug-likeness (QED) is 0.519. The van der Waals surface area contributed by atoms with Gasteiger partial charge >= 0.3 is 0 Å². The van der Waals surface area contributed by atoms with Crippen molar-refractivity contribution in [2.45, 2.75) is 28.4 Å². The molecule has 6 nitrogen and oxygen atoms in total. The van der Waals surface area contributed by atoms with Gasteiger partial charge in [0, 0.05) is 12.2 Å². The summed E-state index contributed by atoms with van der Waals surface area (Å²) in [5.74, 6) is -0.625. The summed E-state index contributed by atoms with van der Waals surface area (Å²) in [7, 11) is -7.79. The maximum absolute atomic E-state index is 13.6. The Balaban J connectivity index is 1.57. The Kier molecular flexibility index (Phi) is 6.07. The number of sulfone groups is 1. The average Bonchev–Trinajstić information content (AvgIpc) is 3.20. The topological polar surface area (TPSA) is 89.5 Å². The molecule has 0 radical (unpaired) electrons. The molecule has 4 rings (SSSR count). The SMILES string of the molecule is Cc1ccc(S(=O)(=O)OCCc2cccc3c2C(S(=O)(=O)c2cccc(F)c2)CN3)cc1. The molecule has 1 aliphatic rings. The average molecular weight is 476 g/mol. The van der Waals surface area contributed by atoms with Crippen LogP contribution < -0.4 is 5.32 Å². The van der Waals surface area contributed by atoms with Gasteiger partial charge in [-0.2, -0.15) is 8.42 Å². The van der Waals surface area contributed by atoms with E-state index in [2.05, 4.69) is 5.32 Å². The van der Waals surface area contributed by atoms with Crippen molar-refractivity contribution in [1.82, 2.24) is 0 Å². The minimum absolute atomic E-state index is 0.0645.